The van der Waals surface area contributed by atoms with Gasteiger partial charge in [-0.05, 0) is 48.6 Å². The molecule has 12 heteroatoms. The summed E-state index contributed by atoms with van der Waals surface area (Å²) in [5.74, 6) is 0.157. The summed E-state index contributed by atoms with van der Waals surface area (Å²) in [7, 11) is 1.62. The Kier molecular flexibility index (Phi) is 8.00. The van der Waals surface area contributed by atoms with Crippen molar-refractivity contribution in [3.05, 3.63) is 71.3 Å². The van der Waals surface area contributed by atoms with Gasteiger partial charge < -0.3 is 19.7 Å². The van der Waals surface area contributed by atoms with Gasteiger partial charge in [-0.1, -0.05) is 29.8 Å². The lowest BCUT2D eigenvalue weighted by Gasteiger charge is -2.25. The van der Waals surface area contributed by atoms with Gasteiger partial charge in [0.2, 0.25) is 5.82 Å². The number of benzene rings is 2. The number of rotatable bonds is 5. The van der Waals surface area contributed by atoms with E-state index in [0.717, 1.165) is 44.2 Å². The molecular weight excluding hydrogens is 503 g/mol. The zero-order chi connectivity index (χ0) is 27.4. The zero-order valence-corrected chi connectivity index (χ0v) is 20.9. The van der Waals surface area contributed by atoms with Crippen molar-refractivity contribution in [2.75, 3.05) is 25.5 Å². The maximum absolute atomic E-state index is 12.9. The number of alkyl halides is 3. The Balaban J connectivity index is 0.000000426. The molecule has 0 spiro atoms. The number of halogens is 3. The summed E-state index contributed by atoms with van der Waals surface area (Å²) >= 11 is 0. The molecule has 2 atom stereocenters. The smallest absolute Gasteiger partial charge is 0.490 e. The molecule has 38 heavy (non-hydrogen) atoms. The average Bonchev–Trinajstić information content (AvgIpc) is 3.45. The molecule has 202 valence electrons. The molecule has 0 bridgehead atoms. The Hall–Kier alpha value is -3.93. The highest BCUT2D eigenvalue weighted by atomic mass is 19.4. The minimum Gasteiger partial charge on any atom is -0.497 e. The SMILES string of the molecule is COc1ccc(NC(=O)c2nnc3n2CC2CN(Cc4cccc(C)c4)CC2C3)cc1.O=C(O)C(F)(F)F. The normalized spacial score (nSPS) is 18.6. The first-order valence-electron chi connectivity index (χ1n) is 12.0. The van der Waals surface area contributed by atoms with E-state index >= 15 is 0 Å². The second-order valence-corrected chi connectivity index (χ2v) is 9.44. The quantitative estimate of drug-likeness (QED) is 0.516. The van der Waals surface area contributed by atoms with Gasteiger partial charge in [0.15, 0.2) is 0 Å². The summed E-state index contributed by atoms with van der Waals surface area (Å²) in [5.41, 5.74) is 3.37. The minimum absolute atomic E-state index is 0.225. The highest BCUT2D eigenvalue weighted by Crippen LogP contribution is 2.33. The predicted octanol–water partition coefficient (Wildman–Crippen LogP) is 3.79. The van der Waals surface area contributed by atoms with E-state index in [1.54, 1.807) is 7.11 Å². The van der Waals surface area contributed by atoms with Crippen LogP contribution in [0.1, 0.15) is 27.6 Å². The van der Waals surface area contributed by atoms with Crippen molar-refractivity contribution >= 4 is 17.6 Å². The molecule has 9 nitrogen and oxygen atoms in total. The number of fused-ring (bicyclic) bond motifs is 2. The van der Waals surface area contributed by atoms with Gasteiger partial charge in [-0.3, -0.25) is 9.69 Å². The molecular formula is C26H28F3N5O4. The summed E-state index contributed by atoms with van der Waals surface area (Å²) < 4.78 is 38.9. The van der Waals surface area contributed by atoms with Crippen LogP contribution in [0.4, 0.5) is 18.9 Å². The third-order valence-electron chi connectivity index (χ3n) is 6.62. The van der Waals surface area contributed by atoms with E-state index in [9.17, 15) is 18.0 Å². The van der Waals surface area contributed by atoms with Gasteiger partial charge >= 0.3 is 12.1 Å². The molecule has 3 heterocycles. The van der Waals surface area contributed by atoms with Gasteiger partial charge in [0, 0.05) is 38.3 Å². The number of carbonyl (C=O) groups excluding carboxylic acids is 1. The lowest BCUT2D eigenvalue weighted by atomic mass is 9.89. The van der Waals surface area contributed by atoms with Crippen LogP contribution < -0.4 is 10.1 Å². The van der Waals surface area contributed by atoms with Crippen LogP contribution in [0.15, 0.2) is 48.5 Å². The number of anilines is 1. The number of hydrogen-bond donors (Lipinski definition) is 2. The fraction of sp³-hybridized carbons (Fsp3) is 0.385. The first-order chi connectivity index (χ1) is 18.0. The molecule has 3 aromatic rings. The van der Waals surface area contributed by atoms with E-state index in [2.05, 4.69) is 51.6 Å². The molecule has 1 amide bonds. The number of hydrogen-bond acceptors (Lipinski definition) is 6. The topological polar surface area (TPSA) is 110 Å². The van der Waals surface area contributed by atoms with E-state index in [0.29, 0.717) is 23.3 Å². The van der Waals surface area contributed by atoms with Crippen LogP contribution in [0.5, 0.6) is 5.75 Å². The number of aromatic nitrogens is 3. The summed E-state index contributed by atoms with van der Waals surface area (Å²) in [6, 6.07) is 16.0. The Morgan fingerprint density at radius 1 is 1.08 bits per heavy atom. The van der Waals surface area contributed by atoms with E-state index in [1.165, 1.54) is 11.1 Å². The van der Waals surface area contributed by atoms with Crippen LogP contribution in [0, 0.1) is 18.8 Å². The molecule has 1 fully saturated rings. The molecule has 2 unspecified atom stereocenters. The molecule has 2 aliphatic heterocycles. The second kappa shape index (κ2) is 11.2. The molecule has 0 saturated carbocycles. The second-order valence-electron chi connectivity index (χ2n) is 9.44. The molecule has 0 radical (unpaired) electrons. The maximum atomic E-state index is 12.9. The molecule has 2 aliphatic rings. The summed E-state index contributed by atoms with van der Waals surface area (Å²) in [4.78, 5) is 24.3. The lowest BCUT2D eigenvalue weighted by molar-refractivity contribution is -0.192. The summed E-state index contributed by atoms with van der Waals surface area (Å²) in [6.45, 7) is 6.01. The Morgan fingerprint density at radius 2 is 1.76 bits per heavy atom. The first-order valence-corrected chi connectivity index (χ1v) is 12.0. The number of aryl methyl sites for hydroxylation is 1. The number of ether oxygens (including phenoxy) is 1. The van der Waals surface area contributed by atoms with Crippen LogP contribution in [0.25, 0.3) is 0 Å². The highest BCUT2D eigenvalue weighted by Gasteiger charge is 2.39. The van der Waals surface area contributed by atoms with Gasteiger partial charge in [-0.2, -0.15) is 13.2 Å². The van der Waals surface area contributed by atoms with Crippen LogP contribution >= 0.6 is 0 Å². The molecule has 1 aromatic heterocycles. The van der Waals surface area contributed by atoms with E-state index < -0.39 is 12.1 Å². The standard InChI is InChI=1S/C24H27N5O2.C2HF3O2/c1-16-4-3-5-17(10-16)12-28-13-18-11-22-26-27-23(29(22)15-19(18)14-28)24(30)25-20-6-8-21(31-2)9-7-20;3-2(4,5)1(6)7/h3-10,18-19H,11-15H2,1-2H3,(H,25,30);(H,6,7). The van der Waals surface area contributed by atoms with Crippen LogP contribution in [-0.2, 0) is 24.3 Å². The number of nitrogens with one attached hydrogen (secondary N) is 1. The summed E-state index contributed by atoms with van der Waals surface area (Å²) in [6.07, 6.45) is -4.21. The van der Waals surface area contributed by atoms with Gasteiger partial charge in [0.25, 0.3) is 5.91 Å². The number of methoxy groups -OCH3 is 1. The summed E-state index contributed by atoms with van der Waals surface area (Å²) in [5, 5.41) is 18.6. The third-order valence-corrected chi connectivity index (χ3v) is 6.62. The number of amides is 1. The monoisotopic (exact) mass is 531 g/mol. The predicted molar refractivity (Wildman–Crippen MR) is 132 cm³/mol. The van der Waals surface area contributed by atoms with E-state index in [1.807, 2.05) is 28.8 Å². The number of carboxylic acid groups (broad SMARTS) is 1. The number of carbonyl (C=O) groups is 2. The number of likely N-dealkylation sites (tertiary alicyclic amines) is 1. The number of nitrogens with zero attached hydrogens (tertiary/aromatic N) is 4. The van der Waals surface area contributed by atoms with Gasteiger partial charge in [-0.25, -0.2) is 4.79 Å². The van der Waals surface area contributed by atoms with Crippen LogP contribution in [0.3, 0.4) is 0 Å². The minimum atomic E-state index is -5.08. The highest BCUT2D eigenvalue weighted by molar-refractivity contribution is 6.01. The van der Waals surface area contributed by atoms with Crippen molar-refractivity contribution in [2.45, 2.75) is 32.6 Å². The Bertz CT molecular complexity index is 1290. The van der Waals surface area contributed by atoms with Gasteiger partial charge in [0.1, 0.15) is 11.6 Å². The van der Waals surface area contributed by atoms with Crippen LogP contribution in [0.2, 0.25) is 0 Å². The third kappa shape index (κ3) is 6.49. The number of carboxylic acids is 1. The van der Waals surface area contributed by atoms with Gasteiger partial charge in [-0.15, -0.1) is 10.2 Å². The number of aliphatic carboxylic acids is 1. The van der Waals surface area contributed by atoms with Crippen molar-refractivity contribution in [3.8, 4) is 5.75 Å². The van der Waals surface area contributed by atoms with Crippen LogP contribution in [-0.4, -0.2) is 63.0 Å². The molecule has 2 N–H and O–H groups in total. The average molecular weight is 532 g/mol. The zero-order valence-electron chi connectivity index (χ0n) is 20.9. The van der Waals surface area contributed by atoms with Crippen molar-refractivity contribution < 1.29 is 32.6 Å². The lowest BCUT2D eigenvalue weighted by Crippen LogP contribution is -2.31. The molecule has 2 aromatic carbocycles. The fourth-order valence-electron chi connectivity index (χ4n) is 4.85. The van der Waals surface area contributed by atoms with Crippen molar-refractivity contribution in [3.63, 3.8) is 0 Å². The molecule has 0 aliphatic carbocycles. The Morgan fingerprint density at radius 3 is 2.39 bits per heavy atom. The molecule has 1 saturated heterocycles. The van der Waals surface area contributed by atoms with E-state index in [4.69, 9.17) is 14.6 Å². The van der Waals surface area contributed by atoms with Gasteiger partial charge in [0.05, 0.1) is 7.11 Å². The Labute approximate surface area is 217 Å². The largest absolute Gasteiger partial charge is 0.497 e. The maximum Gasteiger partial charge on any atom is 0.490 e. The van der Waals surface area contributed by atoms with Crippen molar-refractivity contribution in [1.29, 1.82) is 0 Å². The molecule has 5 rings (SSSR count). The van der Waals surface area contributed by atoms with Crippen molar-refractivity contribution in [1.82, 2.24) is 19.7 Å². The van der Waals surface area contributed by atoms with Crippen molar-refractivity contribution in [2.24, 2.45) is 11.8 Å². The van der Waals surface area contributed by atoms with E-state index in [-0.39, 0.29) is 5.91 Å². The fourth-order valence-corrected chi connectivity index (χ4v) is 4.85. The first kappa shape index (κ1) is 27.1.